The van der Waals surface area contributed by atoms with Crippen LogP contribution in [0.2, 0.25) is 0 Å². The number of anilines is 2. The van der Waals surface area contributed by atoms with E-state index >= 15 is 0 Å². The molecule has 6 N–H and O–H groups in total. The minimum atomic E-state index is -4.34. The second-order valence-corrected chi connectivity index (χ2v) is 6.55. The molecule has 29 heavy (non-hydrogen) atoms. The molecule has 1 aliphatic heterocycles. The van der Waals surface area contributed by atoms with E-state index in [4.69, 9.17) is 17.2 Å². The van der Waals surface area contributed by atoms with E-state index in [0.717, 1.165) is 11.8 Å². The van der Waals surface area contributed by atoms with Gasteiger partial charge in [0, 0.05) is 37.6 Å². The maximum atomic E-state index is 12.9. The largest absolute Gasteiger partial charge is 0.416 e. The molecule has 0 saturated carbocycles. The summed E-state index contributed by atoms with van der Waals surface area (Å²) in [4.78, 5) is 11.9. The van der Waals surface area contributed by atoms with Crippen LogP contribution in [0.1, 0.15) is 5.56 Å². The molecule has 0 aromatic heterocycles. The third-order valence-electron chi connectivity index (χ3n) is 4.52. The van der Waals surface area contributed by atoms with E-state index in [-0.39, 0.29) is 11.9 Å². The molecule has 0 atom stereocenters. The van der Waals surface area contributed by atoms with Crippen molar-refractivity contribution in [2.24, 2.45) is 27.2 Å². The average Bonchev–Trinajstić information content (AvgIpc) is 2.67. The summed E-state index contributed by atoms with van der Waals surface area (Å²) in [6.07, 6.45) is -4.34. The van der Waals surface area contributed by atoms with Crippen molar-refractivity contribution in [1.82, 2.24) is 0 Å². The first kappa shape index (κ1) is 20.3. The van der Waals surface area contributed by atoms with Gasteiger partial charge in [-0.05, 0) is 42.5 Å². The highest BCUT2D eigenvalue weighted by molar-refractivity contribution is 5.93. The van der Waals surface area contributed by atoms with Crippen LogP contribution in [-0.4, -0.2) is 38.1 Å². The minimum absolute atomic E-state index is 0.0348. The van der Waals surface area contributed by atoms with Gasteiger partial charge in [-0.2, -0.15) is 18.2 Å². The standard InChI is InChI=1S/C19H22F3N7/c20-19(21,22)13-2-1-3-16(12-13)29-10-8-28(9-11-29)15-6-4-14(5-7-15)26-18(25)27-17(23)24/h1-7,12H,8-11H2,(H6,23,24,25,26,27). The molecule has 7 nitrogen and oxygen atoms in total. The quantitative estimate of drug-likeness (QED) is 0.536. The van der Waals surface area contributed by atoms with Crippen molar-refractivity contribution < 1.29 is 13.2 Å². The summed E-state index contributed by atoms with van der Waals surface area (Å²) in [7, 11) is 0. The van der Waals surface area contributed by atoms with Gasteiger partial charge in [0.2, 0.25) is 5.96 Å². The molecule has 0 unspecified atom stereocenters. The Morgan fingerprint density at radius 1 is 0.828 bits per heavy atom. The maximum absolute atomic E-state index is 12.9. The Kier molecular flexibility index (Phi) is 5.81. The summed E-state index contributed by atoms with van der Waals surface area (Å²) in [6.45, 7) is 2.63. The summed E-state index contributed by atoms with van der Waals surface area (Å²) in [5, 5.41) is 0. The Bertz CT molecular complexity index is 895. The number of rotatable bonds is 3. The number of aliphatic imine (C=N–C) groups is 2. The number of benzene rings is 2. The third-order valence-corrected chi connectivity index (χ3v) is 4.52. The van der Waals surface area contributed by atoms with Crippen LogP contribution in [0.5, 0.6) is 0 Å². The van der Waals surface area contributed by atoms with Gasteiger partial charge in [-0.1, -0.05) is 6.07 Å². The predicted molar refractivity (Wildman–Crippen MR) is 109 cm³/mol. The zero-order chi connectivity index (χ0) is 21.0. The zero-order valence-corrected chi connectivity index (χ0v) is 15.6. The van der Waals surface area contributed by atoms with Gasteiger partial charge in [0.25, 0.3) is 0 Å². The number of halogens is 3. The molecule has 154 valence electrons. The monoisotopic (exact) mass is 405 g/mol. The highest BCUT2D eigenvalue weighted by Gasteiger charge is 2.31. The summed E-state index contributed by atoms with van der Waals surface area (Å²) >= 11 is 0. The molecule has 0 radical (unpaired) electrons. The van der Waals surface area contributed by atoms with Crippen molar-refractivity contribution in [3.05, 3.63) is 54.1 Å². The fourth-order valence-corrected chi connectivity index (χ4v) is 3.13. The van der Waals surface area contributed by atoms with Crippen LogP contribution in [0.15, 0.2) is 58.5 Å². The van der Waals surface area contributed by atoms with E-state index < -0.39 is 11.7 Å². The van der Waals surface area contributed by atoms with E-state index in [1.54, 1.807) is 18.2 Å². The average molecular weight is 405 g/mol. The number of guanidine groups is 2. The fraction of sp³-hybridized carbons (Fsp3) is 0.263. The second-order valence-electron chi connectivity index (χ2n) is 6.55. The number of nitrogens with zero attached hydrogens (tertiary/aromatic N) is 4. The maximum Gasteiger partial charge on any atom is 0.416 e. The molecule has 1 heterocycles. The first-order valence-corrected chi connectivity index (χ1v) is 8.93. The molecular weight excluding hydrogens is 383 g/mol. The fourth-order valence-electron chi connectivity index (χ4n) is 3.13. The molecule has 10 heteroatoms. The number of nitrogens with two attached hydrogens (primary N) is 3. The van der Waals surface area contributed by atoms with Gasteiger partial charge < -0.3 is 27.0 Å². The van der Waals surface area contributed by atoms with Crippen LogP contribution in [0.25, 0.3) is 0 Å². The Morgan fingerprint density at radius 2 is 1.41 bits per heavy atom. The van der Waals surface area contributed by atoms with E-state index in [2.05, 4.69) is 14.9 Å². The molecule has 0 spiro atoms. The van der Waals surface area contributed by atoms with Crippen LogP contribution in [0.4, 0.5) is 30.2 Å². The lowest BCUT2D eigenvalue weighted by Gasteiger charge is -2.37. The van der Waals surface area contributed by atoms with Gasteiger partial charge in [-0.25, -0.2) is 4.99 Å². The normalized spacial score (nSPS) is 15.3. The van der Waals surface area contributed by atoms with Crippen LogP contribution in [0.3, 0.4) is 0 Å². The SMILES string of the molecule is NC(N)=NC(N)=Nc1ccc(N2CCN(c3cccc(C(F)(F)F)c3)CC2)cc1. The zero-order valence-electron chi connectivity index (χ0n) is 15.6. The van der Waals surface area contributed by atoms with E-state index in [1.165, 1.54) is 12.1 Å². The molecular formula is C19H22F3N7. The molecule has 0 bridgehead atoms. The Balaban J connectivity index is 1.63. The van der Waals surface area contributed by atoms with Crippen molar-refractivity contribution in [2.75, 3.05) is 36.0 Å². The lowest BCUT2D eigenvalue weighted by atomic mass is 10.1. The Hall–Kier alpha value is -3.43. The molecule has 1 aliphatic rings. The van der Waals surface area contributed by atoms with Gasteiger partial charge in [-0.15, -0.1) is 0 Å². The van der Waals surface area contributed by atoms with E-state index in [0.29, 0.717) is 37.6 Å². The third kappa shape index (κ3) is 5.31. The van der Waals surface area contributed by atoms with Crippen molar-refractivity contribution >= 4 is 29.0 Å². The lowest BCUT2D eigenvalue weighted by Crippen LogP contribution is -2.46. The lowest BCUT2D eigenvalue weighted by molar-refractivity contribution is -0.137. The minimum Gasteiger partial charge on any atom is -0.370 e. The van der Waals surface area contributed by atoms with Crippen molar-refractivity contribution in [3.8, 4) is 0 Å². The summed E-state index contributed by atoms with van der Waals surface area (Å²) < 4.78 is 38.8. The number of piperazine rings is 1. The summed E-state index contributed by atoms with van der Waals surface area (Å²) in [5.41, 5.74) is 17.7. The van der Waals surface area contributed by atoms with Gasteiger partial charge in [0.1, 0.15) is 0 Å². The molecule has 2 aromatic rings. The number of alkyl halides is 3. The first-order valence-electron chi connectivity index (χ1n) is 8.93. The molecule has 1 fully saturated rings. The Morgan fingerprint density at radius 3 is 1.97 bits per heavy atom. The van der Waals surface area contributed by atoms with Gasteiger partial charge >= 0.3 is 6.18 Å². The van der Waals surface area contributed by atoms with Crippen molar-refractivity contribution in [1.29, 1.82) is 0 Å². The molecule has 0 aliphatic carbocycles. The van der Waals surface area contributed by atoms with E-state index in [1.807, 2.05) is 17.0 Å². The van der Waals surface area contributed by atoms with Crippen LogP contribution in [-0.2, 0) is 6.18 Å². The second kappa shape index (κ2) is 8.29. The number of hydrogen-bond acceptors (Lipinski definition) is 3. The van der Waals surface area contributed by atoms with Gasteiger partial charge in [0.15, 0.2) is 5.96 Å². The van der Waals surface area contributed by atoms with Gasteiger partial charge in [0.05, 0.1) is 11.3 Å². The smallest absolute Gasteiger partial charge is 0.370 e. The van der Waals surface area contributed by atoms with Crippen molar-refractivity contribution in [3.63, 3.8) is 0 Å². The topological polar surface area (TPSA) is 109 Å². The molecule has 3 rings (SSSR count). The van der Waals surface area contributed by atoms with Crippen LogP contribution in [0, 0.1) is 0 Å². The van der Waals surface area contributed by atoms with Crippen LogP contribution < -0.4 is 27.0 Å². The molecule has 2 aromatic carbocycles. The number of hydrogen-bond donors (Lipinski definition) is 3. The van der Waals surface area contributed by atoms with Crippen LogP contribution >= 0.6 is 0 Å². The first-order chi connectivity index (χ1) is 13.7. The van der Waals surface area contributed by atoms with Crippen molar-refractivity contribution in [2.45, 2.75) is 6.18 Å². The summed E-state index contributed by atoms with van der Waals surface area (Å²) in [5.74, 6) is -0.200. The highest BCUT2D eigenvalue weighted by atomic mass is 19.4. The Labute approximate surface area is 166 Å². The predicted octanol–water partition coefficient (Wildman–Crippen LogP) is 2.25. The summed E-state index contributed by atoms with van der Waals surface area (Å²) in [6, 6.07) is 12.8. The highest BCUT2D eigenvalue weighted by Crippen LogP contribution is 2.32. The van der Waals surface area contributed by atoms with Gasteiger partial charge in [-0.3, -0.25) is 0 Å². The molecule has 1 saturated heterocycles. The van der Waals surface area contributed by atoms with E-state index in [9.17, 15) is 13.2 Å². The molecule has 0 amide bonds.